The molecular weight excluding hydrogens is 361 g/mol. The first kappa shape index (κ1) is 18.7. The molecule has 2 aromatic rings. The van der Waals surface area contributed by atoms with E-state index in [9.17, 15) is 18.3 Å². The van der Waals surface area contributed by atoms with Crippen LogP contribution < -0.4 is 5.73 Å². The molecule has 0 saturated heterocycles. The minimum atomic E-state index is -4.57. The van der Waals surface area contributed by atoms with Gasteiger partial charge in [0.2, 0.25) is 0 Å². The molecule has 0 spiro atoms. The number of nitrogens with two attached hydrogens (primary N) is 1. The third-order valence-corrected chi connectivity index (χ3v) is 4.98. The van der Waals surface area contributed by atoms with E-state index < -0.39 is 24.0 Å². The van der Waals surface area contributed by atoms with Crippen LogP contribution in [0.25, 0.3) is 0 Å². The largest absolute Gasteiger partial charge is 0.433 e. The summed E-state index contributed by atoms with van der Waals surface area (Å²) in [6, 6.07) is 3.11. The zero-order valence-corrected chi connectivity index (χ0v) is 13.8. The van der Waals surface area contributed by atoms with Crippen LogP contribution >= 0.6 is 23.1 Å². The van der Waals surface area contributed by atoms with E-state index in [1.54, 1.807) is 5.51 Å². The summed E-state index contributed by atoms with van der Waals surface area (Å²) in [5.74, 6) is 0.319. The van der Waals surface area contributed by atoms with Gasteiger partial charge in [-0.05, 0) is 18.6 Å². The lowest BCUT2D eigenvalue weighted by atomic mass is 10.1. The van der Waals surface area contributed by atoms with Crippen molar-refractivity contribution in [2.45, 2.75) is 29.8 Å². The summed E-state index contributed by atoms with van der Waals surface area (Å²) >= 11 is 2.28. The lowest BCUT2D eigenvalue weighted by molar-refractivity contribution is -0.141. The topological polar surface area (TPSA) is 95.8 Å². The van der Waals surface area contributed by atoms with Gasteiger partial charge >= 0.3 is 6.18 Å². The Labute approximate surface area is 144 Å². The molecule has 0 saturated carbocycles. The number of thiazole rings is 1. The predicted octanol–water partition coefficient (Wildman–Crippen LogP) is 2.97. The van der Waals surface area contributed by atoms with Gasteiger partial charge in [-0.3, -0.25) is 4.98 Å². The minimum Gasteiger partial charge on any atom is -0.386 e. The smallest absolute Gasteiger partial charge is 0.386 e. The Hall–Kier alpha value is -1.67. The summed E-state index contributed by atoms with van der Waals surface area (Å²) in [7, 11) is 0. The first-order valence-corrected chi connectivity index (χ1v) is 8.62. The van der Waals surface area contributed by atoms with Crippen LogP contribution in [0.4, 0.5) is 13.2 Å². The van der Waals surface area contributed by atoms with Gasteiger partial charge in [0.05, 0.1) is 16.0 Å². The fourth-order valence-electron chi connectivity index (χ4n) is 1.83. The highest BCUT2D eigenvalue weighted by molar-refractivity contribution is 7.99. The van der Waals surface area contributed by atoms with Gasteiger partial charge < -0.3 is 10.8 Å². The molecule has 2 rings (SSSR count). The average molecular weight is 374 g/mol. The predicted molar refractivity (Wildman–Crippen MR) is 84.3 cm³/mol. The molecule has 2 heterocycles. The van der Waals surface area contributed by atoms with Crippen molar-refractivity contribution in [1.82, 2.24) is 9.97 Å². The number of alkyl halides is 3. The van der Waals surface area contributed by atoms with Crippen molar-refractivity contribution in [3.8, 4) is 6.07 Å². The van der Waals surface area contributed by atoms with Crippen molar-refractivity contribution in [2.75, 3.05) is 5.75 Å². The van der Waals surface area contributed by atoms with Gasteiger partial charge in [-0.2, -0.15) is 18.4 Å². The molecule has 1 unspecified atom stereocenters. The van der Waals surface area contributed by atoms with Crippen molar-refractivity contribution in [3.63, 3.8) is 0 Å². The van der Waals surface area contributed by atoms with E-state index in [0.29, 0.717) is 17.1 Å². The van der Waals surface area contributed by atoms with Gasteiger partial charge in [-0.15, -0.1) is 23.1 Å². The highest BCUT2D eigenvalue weighted by Crippen LogP contribution is 2.31. The zero-order valence-electron chi connectivity index (χ0n) is 12.2. The van der Waals surface area contributed by atoms with E-state index >= 15 is 0 Å². The summed E-state index contributed by atoms with van der Waals surface area (Å²) < 4.78 is 38.1. The number of aliphatic hydroxyl groups excluding tert-OH is 1. The number of halogens is 3. The molecule has 0 amide bonds. The summed E-state index contributed by atoms with van der Waals surface area (Å²) in [4.78, 5) is 7.99. The lowest BCUT2D eigenvalue weighted by Crippen LogP contribution is -2.28. The van der Waals surface area contributed by atoms with Gasteiger partial charge in [0.15, 0.2) is 0 Å². The Bertz CT molecular complexity index is 716. The Morgan fingerprint density at radius 1 is 1.42 bits per heavy atom. The molecule has 0 aliphatic carbocycles. The molecule has 0 aliphatic rings. The number of hydrogen-bond acceptors (Lipinski definition) is 7. The molecule has 3 N–H and O–H groups in total. The molecule has 0 radical (unpaired) electrons. The van der Waals surface area contributed by atoms with Crippen molar-refractivity contribution in [3.05, 3.63) is 40.0 Å². The van der Waals surface area contributed by atoms with Crippen LogP contribution in [0.5, 0.6) is 0 Å². The summed E-state index contributed by atoms with van der Waals surface area (Å²) in [6.45, 7) is 0. The highest BCUT2D eigenvalue weighted by atomic mass is 32.2. The van der Waals surface area contributed by atoms with Crippen LogP contribution in [0.1, 0.15) is 28.7 Å². The molecule has 5 nitrogen and oxygen atoms in total. The molecule has 2 atom stereocenters. The number of nitriles is 1. The monoisotopic (exact) mass is 374 g/mol. The summed E-state index contributed by atoms with van der Waals surface area (Å²) in [5.41, 5.74) is 6.50. The Kier molecular flexibility index (Phi) is 6.17. The van der Waals surface area contributed by atoms with Crippen LogP contribution in [-0.2, 0) is 6.18 Å². The fourth-order valence-corrected chi connectivity index (χ4v) is 3.52. The number of pyridine rings is 1. The Balaban J connectivity index is 2.00. The maximum Gasteiger partial charge on any atom is 0.433 e. The maximum atomic E-state index is 12.7. The van der Waals surface area contributed by atoms with Gasteiger partial charge in [-0.25, -0.2) is 4.98 Å². The number of thioether (sulfide) groups is 1. The summed E-state index contributed by atoms with van der Waals surface area (Å²) in [5, 5.41) is 19.0. The van der Waals surface area contributed by atoms with Crippen LogP contribution in [0.15, 0.2) is 28.9 Å². The molecule has 2 aromatic heterocycles. The first-order valence-electron chi connectivity index (χ1n) is 6.76. The third-order valence-electron chi connectivity index (χ3n) is 3.11. The zero-order chi connectivity index (χ0) is 17.7. The van der Waals surface area contributed by atoms with Gasteiger partial charge in [-0.1, -0.05) is 0 Å². The molecule has 0 fully saturated rings. The van der Waals surface area contributed by atoms with Gasteiger partial charge in [0, 0.05) is 18.0 Å². The molecular formula is C14H13F3N4OS2. The van der Waals surface area contributed by atoms with Crippen molar-refractivity contribution in [2.24, 2.45) is 5.73 Å². The van der Waals surface area contributed by atoms with E-state index in [1.165, 1.54) is 17.5 Å². The molecule has 0 bridgehead atoms. The fraction of sp³-hybridized carbons (Fsp3) is 0.357. The molecule has 0 aromatic carbocycles. The number of hydrogen-bond donors (Lipinski definition) is 2. The number of nitrogens with zero attached hydrogens (tertiary/aromatic N) is 3. The minimum absolute atomic E-state index is 0.00630. The quantitative estimate of drug-likeness (QED) is 0.755. The average Bonchev–Trinajstić information content (AvgIpc) is 3.07. The van der Waals surface area contributed by atoms with Crippen molar-refractivity contribution >= 4 is 23.1 Å². The number of rotatable bonds is 6. The second kappa shape index (κ2) is 7.94. The van der Waals surface area contributed by atoms with Gasteiger partial charge in [0.1, 0.15) is 22.9 Å². The van der Waals surface area contributed by atoms with E-state index in [-0.39, 0.29) is 10.6 Å². The molecule has 10 heteroatoms. The van der Waals surface area contributed by atoms with Crippen LogP contribution in [0.3, 0.4) is 0 Å². The van der Waals surface area contributed by atoms with Crippen LogP contribution in [-0.4, -0.2) is 26.9 Å². The standard InChI is InChI=1S/C14H13F3N4OS2/c15-14(16,17)11-2-1-8(5-18)13(21-11)23-4-3-9(19)12(22)10-6-20-7-24-10/h1-2,6-7,9,12,22H,3-4,19H2/t9-,12?/m0/s1. The number of aliphatic hydroxyl groups is 1. The second-order valence-corrected chi connectivity index (χ2v) is 6.81. The van der Waals surface area contributed by atoms with E-state index in [1.807, 2.05) is 6.07 Å². The Morgan fingerprint density at radius 2 is 2.17 bits per heavy atom. The lowest BCUT2D eigenvalue weighted by Gasteiger charge is -2.17. The highest BCUT2D eigenvalue weighted by Gasteiger charge is 2.33. The third kappa shape index (κ3) is 4.67. The van der Waals surface area contributed by atoms with Crippen molar-refractivity contribution < 1.29 is 18.3 Å². The van der Waals surface area contributed by atoms with E-state index in [0.717, 1.165) is 23.9 Å². The van der Waals surface area contributed by atoms with Crippen LogP contribution in [0, 0.1) is 11.3 Å². The molecule has 0 aliphatic heterocycles. The van der Waals surface area contributed by atoms with Crippen LogP contribution in [0.2, 0.25) is 0 Å². The summed E-state index contributed by atoms with van der Waals surface area (Å²) in [6.07, 6.45) is -3.60. The number of aromatic nitrogens is 2. The normalized spacial score (nSPS) is 14.2. The van der Waals surface area contributed by atoms with E-state index in [4.69, 9.17) is 11.0 Å². The van der Waals surface area contributed by atoms with Gasteiger partial charge in [0.25, 0.3) is 0 Å². The van der Waals surface area contributed by atoms with Crippen molar-refractivity contribution in [1.29, 1.82) is 5.26 Å². The maximum absolute atomic E-state index is 12.7. The second-order valence-electron chi connectivity index (χ2n) is 4.81. The Morgan fingerprint density at radius 3 is 2.75 bits per heavy atom. The SMILES string of the molecule is N#Cc1ccc(C(F)(F)F)nc1SCC[C@H](N)C(O)c1cncs1. The van der Waals surface area contributed by atoms with E-state index in [2.05, 4.69) is 9.97 Å². The first-order chi connectivity index (χ1) is 11.3. The molecule has 128 valence electrons. The molecule has 24 heavy (non-hydrogen) atoms.